The summed E-state index contributed by atoms with van der Waals surface area (Å²) in [5, 5.41) is 26.5. The van der Waals surface area contributed by atoms with E-state index in [2.05, 4.69) is 0 Å². The molecular weight excluding hydrogens is 120 g/mol. The maximum Gasteiger partial charge on any atom is 0.0852 e. The van der Waals surface area contributed by atoms with Crippen molar-refractivity contribution in [2.24, 2.45) is 5.92 Å². The van der Waals surface area contributed by atoms with Gasteiger partial charge in [0.05, 0.1) is 12.2 Å². The molecule has 53 valence electrons. The summed E-state index contributed by atoms with van der Waals surface area (Å²) in [6.07, 6.45) is 0.738. The van der Waals surface area contributed by atoms with Gasteiger partial charge < -0.3 is 15.3 Å². The van der Waals surface area contributed by atoms with Crippen LogP contribution >= 0.6 is 0 Å². The maximum absolute atomic E-state index is 9.02. The summed E-state index contributed by atoms with van der Waals surface area (Å²) in [6.45, 7) is -0.0469. The molecule has 1 rings (SSSR count). The number of aliphatic hydroxyl groups excluding tert-OH is 3. The predicted molar refractivity (Wildman–Crippen MR) is 31.5 cm³/mol. The largest absolute Gasteiger partial charge is 0.396 e. The highest BCUT2D eigenvalue weighted by Crippen LogP contribution is 2.24. The summed E-state index contributed by atoms with van der Waals surface area (Å²) < 4.78 is 0. The van der Waals surface area contributed by atoms with Gasteiger partial charge >= 0.3 is 0 Å². The highest BCUT2D eigenvalue weighted by Gasteiger charge is 2.32. The van der Waals surface area contributed by atoms with Gasteiger partial charge in [0.25, 0.3) is 0 Å². The fourth-order valence-electron chi connectivity index (χ4n) is 1.05. The molecule has 0 unspecified atom stereocenters. The Kier molecular flexibility index (Phi) is 2.05. The fraction of sp³-hybridized carbons (Fsp3) is 0.833. The van der Waals surface area contributed by atoms with Crippen LogP contribution in [-0.4, -0.2) is 34.1 Å². The van der Waals surface area contributed by atoms with E-state index in [1.165, 1.54) is 0 Å². The molecule has 0 aliphatic heterocycles. The van der Waals surface area contributed by atoms with E-state index in [1.807, 2.05) is 0 Å². The molecule has 1 radical (unpaired) electrons. The standard InChI is InChI=1S/C6H11O3/c7-3-4-1-2-5(8)6(4)9/h2,4-9H,1,3H2/t4-,5+,6+/m1/s1. The minimum absolute atomic E-state index is 0.0469. The summed E-state index contributed by atoms with van der Waals surface area (Å²) in [5.41, 5.74) is 0. The molecule has 3 N–H and O–H groups in total. The summed E-state index contributed by atoms with van der Waals surface area (Å²) >= 11 is 0. The van der Waals surface area contributed by atoms with Crippen LogP contribution in [-0.2, 0) is 0 Å². The maximum atomic E-state index is 9.02. The minimum Gasteiger partial charge on any atom is -0.396 e. The van der Waals surface area contributed by atoms with Crippen LogP contribution < -0.4 is 0 Å². The lowest BCUT2D eigenvalue weighted by Gasteiger charge is -2.12. The van der Waals surface area contributed by atoms with Crippen molar-refractivity contribution in [1.82, 2.24) is 0 Å². The van der Waals surface area contributed by atoms with Crippen molar-refractivity contribution in [2.75, 3.05) is 6.61 Å². The van der Waals surface area contributed by atoms with Crippen molar-refractivity contribution < 1.29 is 15.3 Å². The van der Waals surface area contributed by atoms with Crippen LogP contribution in [0.1, 0.15) is 6.42 Å². The van der Waals surface area contributed by atoms with Gasteiger partial charge in [-0.25, -0.2) is 0 Å². The number of aliphatic hydroxyl groups is 3. The van der Waals surface area contributed by atoms with Crippen molar-refractivity contribution in [3.8, 4) is 0 Å². The molecule has 3 heteroatoms. The fourth-order valence-corrected chi connectivity index (χ4v) is 1.05. The van der Waals surface area contributed by atoms with Gasteiger partial charge in [-0.05, 0) is 12.8 Å². The Hall–Kier alpha value is -0.120. The number of hydrogen-bond acceptors (Lipinski definition) is 3. The third kappa shape index (κ3) is 1.23. The lowest BCUT2D eigenvalue weighted by Crippen LogP contribution is -2.26. The van der Waals surface area contributed by atoms with Gasteiger partial charge in [0, 0.05) is 12.5 Å². The zero-order chi connectivity index (χ0) is 6.85. The molecule has 0 aromatic heterocycles. The van der Waals surface area contributed by atoms with E-state index < -0.39 is 12.2 Å². The molecule has 0 saturated heterocycles. The van der Waals surface area contributed by atoms with Crippen LogP contribution in [0.3, 0.4) is 0 Å². The predicted octanol–water partition coefficient (Wildman–Crippen LogP) is -1.08. The normalized spacial score (nSPS) is 43.7. The first-order valence-corrected chi connectivity index (χ1v) is 3.06. The van der Waals surface area contributed by atoms with Crippen molar-refractivity contribution in [1.29, 1.82) is 0 Å². The highest BCUT2D eigenvalue weighted by atomic mass is 16.3. The molecule has 1 aliphatic rings. The first-order chi connectivity index (χ1) is 4.25. The summed E-state index contributed by atoms with van der Waals surface area (Å²) in [4.78, 5) is 0. The number of hydrogen-bond donors (Lipinski definition) is 3. The van der Waals surface area contributed by atoms with E-state index in [-0.39, 0.29) is 12.5 Å². The van der Waals surface area contributed by atoms with E-state index in [0.717, 1.165) is 0 Å². The molecule has 1 fully saturated rings. The molecule has 0 spiro atoms. The Morgan fingerprint density at radius 1 is 1.44 bits per heavy atom. The lowest BCUT2D eigenvalue weighted by molar-refractivity contribution is 0.0143. The molecule has 0 aromatic rings. The summed E-state index contributed by atoms with van der Waals surface area (Å²) in [6, 6.07) is 0. The van der Waals surface area contributed by atoms with Gasteiger partial charge in [0.1, 0.15) is 0 Å². The molecule has 3 atom stereocenters. The molecular formula is C6H11O3. The summed E-state index contributed by atoms with van der Waals surface area (Å²) in [7, 11) is 0. The van der Waals surface area contributed by atoms with Gasteiger partial charge in [0.15, 0.2) is 0 Å². The second-order valence-electron chi connectivity index (χ2n) is 2.40. The Morgan fingerprint density at radius 3 is 2.33 bits per heavy atom. The monoisotopic (exact) mass is 131 g/mol. The topological polar surface area (TPSA) is 60.7 Å². The SMILES string of the molecule is OC[C@H]1C[CH][C@H](O)[C@H]1O. The van der Waals surface area contributed by atoms with Crippen LogP contribution in [0.25, 0.3) is 0 Å². The van der Waals surface area contributed by atoms with Crippen LogP contribution in [0, 0.1) is 12.3 Å². The van der Waals surface area contributed by atoms with Crippen LogP contribution in [0.5, 0.6) is 0 Å². The van der Waals surface area contributed by atoms with Crippen molar-refractivity contribution in [2.45, 2.75) is 18.6 Å². The van der Waals surface area contributed by atoms with Gasteiger partial charge in [-0.15, -0.1) is 0 Å². The van der Waals surface area contributed by atoms with Crippen molar-refractivity contribution >= 4 is 0 Å². The van der Waals surface area contributed by atoms with Gasteiger partial charge in [-0.3, -0.25) is 0 Å². The Bertz CT molecular complexity index is 94.3. The first kappa shape index (κ1) is 6.99. The van der Waals surface area contributed by atoms with E-state index >= 15 is 0 Å². The quantitative estimate of drug-likeness (QED) is 0.424. The third-order valence-electron chi connectivity index (χ3n) is 1.75. The molecule has 1 saturated carbocycles. The third-order valence-corrected chi connectivity index (χ3v) is 1.75. The zero-order valence-corrected chi connectivity index (χ0v) is 5.07. The Labute approximate surface area is 53.9 Å². The molecule has 9 heavy (non-hydrogen) atoms. The van der Waals surface area contributed by atoms with Crippen LogP contribution in [0.2, 0.25) is 0 Å². The molecule has 0 bridgehead atoms. The van der Waals surface area contributed by atoms with Gasteiger partial charge in [-0.2, -0.15) is 0 Å². The Balaban J connectivity index is 2.41. The number of rotatable bonds is 1. The van der Waals surface area contributed by atoms with Gasteiger partial charge in [0.2, 0.25) is 0 Å². The first-order valence-electron chi connectivity index (χ1n) is 3.06. The highest BCUT2D eigenvalue weighted by molar-refractivity contribution is 4.95. The van der Waals surface area contributed by atoms with Crippen LogP contribution in [0.15, 0.2) is 0 Å². The zero-order valence-electron chi connectivity index (χ0n) is 5.07. The lowest BCUT2D eigenvalue weighted by atomic mass is 10.1. The summed E-state index contributed by atoms with van der Waals surface area (Å²) in [5.74, 6) is -0.153. The molecule has 0 aromatic carbocycles. The van der Waals surface area contributed by atoms with E-state index in [9.17, 15) is 0 Å². The van der Waals surface area contributed by atoms with Crippen molar-refractivity contribution in [3.05, 3.63) is 6.42 Å². The van der Waals surface area contributed by atoms with E-state index in [4.69, 9.17) is 15.3 Å². The smallest absolute Gasteiger partial charge is 0.0852 e. The second-order valence-corrected chi connectivity index (χ2v) is 2.40. The van der Waals surface area contributed by atoms with Gasteiger partial charge in [-0.1, -0.05) is 0 Å². The second kappa shape index (κ2) is 2.64. The molecule has 0 heterocycles. The van der Waals surface area contributed by atoms with Crippen LogP contribution in [0.4, 0.5) is 0 Å². The Morgan fingerprint density at radius 2 is 2.11 bits per heavy atom. The molecule has 0 amide bonds. The molecule has 1 aliphatic carbocycles. The molecule has 3 nitrogen and oxygen atoms in total. The van der Waals surface area contributed by atoms with E-state index in [1.54, 1.807) is 6.42 Å². The average Bonchev–Trinajstić information content (AvgIpc) is 2.15. The minimum atomic E-state index is -0.755. The average molecular weight is 131 g/mol. The van der Waals surface area contributed by atoms with E-state index in [0.29, 0.717) is 6.42 Å². The van der Waals surface area contributed by atoms with Crippen molar-refractivity contribution in [3.63, 3.8) is 0 Å².